The van der Waals surface area contributed by atoms with Crippen molar-refractivity contribution in [2.24, 2.45) is 17.6 Å². The van der Waals surface area contributed by atoms with Crippen LogP contribution in [0.25, 0.3) is 0 Å². The maximum Gasteiger partial charge on any atom is 0.333 e. The monoisotopic (exact) mass is 753 g/mol. The van der Waals surface area contributed by atoms with Gasteiger partial charge in [-0.1, -0.05) is 63.5 Å². The van der Waals surface area contributed by atoms with Crippen molar-refractivity contribution in [3.05, 3.63) is 83.0 Å². The van der Waals surface area contributed by atoms with E-state index in [1.165, 1.54) is 12.1 Å². The highest BCUT2D eigenvalue weighted by atomic mass is 79.9. The summed E-state index contributed by atoms with van der Waals surface area (Å²) in [7, 11) is -7.80. The SMILES string of the molecule is CCOC(=O)C1=C[C@@H](Br)[C@H](N)[C@H](OS(=O)(=O)c2ccc(C)cc2)C1.CCOC(=O)C1=C[C@@H]2C[C@@H]2[C@H](OS(=O)(=O)c2ccc(C)cc2)C1. The average molecular weight is 755 g/mol. The number of hydrogen-bond acceptors (Lipinski definition) is 11. The largest absolute Gasteiger partial charge is 0.463 e. The van der Waals surface area contributed by atoms with E-state index in [0.717, 1.165) is 17.5 Å². The van der Waals surface area contributed by atoms with Crippen LogP contribution in [0.15, 0.2) is 81.6 Å². The number of nitrogens with two attached hydrogens (primary N) is 1. The molecule has 0 unspecified atom stereocenters. The van der Waals surface area contributed by atoms with Crippen molar-refractivity contribution < 1.29 is 44.3 Å². The first-order chi connectivity index (χ1) is 22.1. The Bertz CT molecular complexity index is 1720. The summed E-state index contributed by atoms with van der Waals surface area (Å²) < 4.78 is 70.5. The predicted octanol–water partition coefficient (Wildman–Crippen LogP) is 4.65. The van der Waals surface area contributed by atoms with Gasteiger partial charge in [-0.25, -0.2) is 9.59 Å². The molecule has 0 aromatic heterocycles. The van der Waals surface area contributed by atoms with E-state index >= 15 is 0 Å². The molecule has 1 saturated carbocycles. The van der Waals surface area contributed by atoms with Crippen molar-refractivity contribution in [1.82, 2.24) is 0 Å². The molecule has 0 spiro atoms. The Labute approximate surface area is 284 Å². The second-order valence-corrected chi connectivity index (χ2v) is 15.8. The van der Waals surface area contributed by atoms with E-state index in [0.29, 0.717) is 17.8 Å². The van der Waals surface area contributed by atoms with Crippen LogP contribution in [0.2, 0.25) is 0 Å². The van der Waals surface area contributed by atoms with Crippen LogP contribution in [0, 0.1) is 25.7 Å². The first-order valence-electron chi connectivity index (χ1n) is 15.3. The number of aryl methyl sites for hydroxylation is 2. The van der Waals surface area contributed by atoms with Crippen molar-refractivity contribution >= 4 is 48.1 Å². The molecular formula is C33H40BrNO10S2. The lowest BCUT2D eigenvalue weighted by Crippen LogP contribution is -2.47. The van der Waals surface area contributed by atoms with Gasteiger partial charge in [-0.15, -0.1) is 0 Å². The smallest absolute Gasteiger partial charge is 0.333 e. The molecule has 0 radical (unpaired) electrons. The minimum Gasteiger partial charge on any atom is -0.463 e. The molecule has 14 heteroatoms. The minimum absolute atomic E-state index is 0.0543. The van der Waals surface area contributed by atoms with Crippen LogP contribution in [0.1, 0.15) is 44.2 Å². The Morgan fingerprint density at radius 1 is 0.745 bits per heavy atom. The maximum atomic E-state index is 12.4. The molecule has 47 heavy (non-hydrogen) atoms. The molecule has 2 aromatic carbocycles. The Balaban J connectivity index is 0.000000213. The number of alkyl halides is 1. The van der Waals surface area contributed by atoms with E-state index in [2.05, 4.69) is 15.9 Å². The lowest BCUT2D eigenvalue weighted by molar-refractivity contribution is -0.139. The molecule has 5 rings (SSSR count). The topological polar surface area (TPSA) is 165 Å². The van der Waals surface area contributed by atoms with Gasteiger partial charge in [0.25, 0.3) is 20.2 Å². The van der Waals surface area contributed by atoms with Crippen LogP contribution in [0.5, 0.6) is 0 Å². The lowest BCUT2D eigenvalue weighted by atomic mass is 9.93. The molecule has 11 nitrogen and oxygen atoms in total. The maximum absolute atomic E-state index is 12.4. The molecule has 2 aromatic rings. The fourth-order valence-electron chi connectivity index (χ4n) is 5.28. The summed E-state index contributed by atoms with van der Waals surface area (Å²) in [6, 6.07) is 12.3. The van der Waals surface area contributed by atoms with E-state index in [1.807, 2.05) is 19.9 Å². The zero-order valence-corrected chi connectivity index (χ0v) is 29.8. The molecule has 3 aliphatic carbocycles. The van der Waals surface area contributed by atoms with Gasteiger partial charge < -0.3 is 15.2 Å². The fourth-order valence-corrected chi connectivity index (χ4v) is 8.16. The van der Waals surface area contributed by atoms with Gasteiger partial charge in [0.05, 0.1) is 40.0 Å². The number of fused-ring (bicyclic) bond motifs is 1. The fraction of sp³-hybridized carbons (Fsp3) is 0.455. The highest BCUT2D eigenvalue weighted by Gasteiger charge is 2.48. The highest BCUT2D eigenvalue weighted by Crippen LogP contribution is 2.50. The quantitative estimate of drug-likeness (QED) is 0.204. The van der Waals surface area contributed by atoms with E-state index in [1.54, 1.807) is 56.3 Å². The van der Waals surface area contributed by atoms with E-state index in [-0.39, 0.29) is 51.9 Å². The zero-order chi connectivity index (χ0) is 34.5. The number of esters is 2. The zero-order valence-electron chi connectivity index (χ0n) is 26.6. The number of benzene rings is 2. The second-order valence-electron chi connectivity index (χ2n) is 11.6. The highest BCUT2D eigenvalue weighted by molar-refractivity contribution is 9.09. The van der Waals surface area contributed by atoms with E-state index in [4.69, 9.17) is 23.6 Å². The number of carbonyl (C=O) groups is 2. The Hall–Kier alpha value is -2.88. The number of allylic oxidation sites excluding steroid dienone is 1. The molecule has 0 bridgehead atoms. The molecule has 0 amide bonds. The summed E-state index contributed by atoms with van der Waals surface area (Å²) in [6.45, 7) is 7.75. The van der Waals surface area contributed by atoms with Crippen LogP contribution in [-0.2, 0) is 47.7 Å². The molecule has 0 saturated heterocycles. The molecule has 1 fully saturated rings. The van der Waals surface area contributed by atoms with E-state index in [9.17, 15) is 26.4 Å². The van der Waals surface area contributed by atoms with Crippen molar-refractivity contribution in [3.63, 3.8) is 0 Å². The van der Waals surface area contributed by atoms with Gasteiger partial charge in [-0.3, -0.25) is 8.37 Å². The molecule has 3 aliphatic rings. The summed E-state index contributed by atoms with van der Waals surface area (Å²) in [5.41, 5.74) is 8.83. The first-order valence-corrected chi connectivity index (χ1v) is 19.0. The Morgan fingerprint density at radius 3 is 1.64 bits per heavy atom. The number of halogens is 1. The second kappa shape index (κ2) is 15.6. The lowest BCUT2D eigenvalue weighted by Gasteiger charge is -2.30. The number of hydrogen-bond donors (Lipinski definition) is 1. The van der Waals surface area contributed by atoms with Gasteiger partial charge in [0.2, 0.25) is 0 Å². The number of carbonyl (C=O) groups excluding carboxylic acids is 2. The third-order valence-electron chi connectivity index (χ3n) is 7.98. The molecular weight excluding hydrogens is 714 g/mol. The molecule has 2 N–H and O–H groups in total. The van der Waals surface area contributed by atoms with E-state index < -0.39 is 44.5 Å². The van der Waals surface area contributed by atoms with Gasteiger partial charge >= 0.3 is 11.9 Å². The van der Waals surface area contributed by atoms with Crippen LogP contribution < -0.4 is 5.73 Å². The summed E-state index contributed by atoms with van der Waals surface area (Å²) >= 11 is 3.34. The van der Waals surface area contributed by atoms with Gasteiger partial charge in [-0.2, -0.15) is 16.8 Å². The van der Waals surface area contributed by atoms with Gasteiger partial charge in [0.15, 0.2) is 0 Å². The van der Waals surface area contributed by atoms with Gasteiger partial charge in [0, 0.05) is 30.0 Å². The van der Waals surface area contributed by atoms with Crippen molar-refractivity contribution in [2.45, 2.75) is 79.8 Å². The van der Waals surface area contributed by atoms with Crippen molar-refractivity contribution in [3.8, 4) is 0 Å². The third kappa shape index (κ3) is 9.61. The van der Waals surface area contributed by atoms with Crippen LogP contribution >= 0.6 is 15.9 Å². The van der Waals surface area contributed by atoms with Gasteiger partial charge in [0.1, 0.15) is 0 Å². The first kappa shape index (κ1) is 36.9. The molecule has 0 aliphatic heterocycles. The summed E-state index contributed by atoms with van der Waals surface area (Å²) in [4.78, 5) is 23.6. The Kier molecular flexibility index (Phi) is 12.2. The third-order valence-corrected chi connectivity index (χ3v) is 11.6. The number of ether oxygens (including phenoxy) is 2. The van der Waals surface area contributed by atoms with Crippen LogP contribution in [0.3, 0.4) is 0 Å². The normalized spacial score (nSPS) is 25.2. The van der Waals surface area contributed by atoms with Crippen LogP contribution in [-0.4, -0.2) is 65.1 Å². The summed E-state index contributed by atoms with van der Waals surface area (Å²) in [6.07, 6.45) is 3.41. The average Bonchev–Trinajstić information content (AvgIpc) is 3.80. The summed E-state index contributed by atoms with van der Waals surface area (Å²) in [5.74, 6) is -0.468. The molecule has 256 valence electrons. The number of rotatable bonds is 10. The molecule has 0 heterocycles. The minimum atomic E-state index is -3.97. The van der Waals surface area contributed by atoms with Crippen molar-refractivity contribution in [1.29, 1.82) is 0 Å². The predicted molar refractivity (Wildman–Crippen MR) is 177 cm³/mol. The Morgan fingerprint density at radius 2 is 1.17 bits per heavy atom. The van der Waals surface area contributed by atoms with Crippen molar-refractivity contribution in [2.75, 3.05) is 13.2 Å². The molecule has 6 atom stereocenters. The van der Waals surface area contributed by atoms with Crippen LogP contribution in [0.4, 0.5) is 0 Å². The summed E-state index contributed by atoms with van der Waals surface area (Å²) in [5, 5.41) is 0. The van der Waals surface area contributed by atoms with Gasteiger partial charge in [-0.05, 0) is 70.2 Å². The standard InChI is InChI=1S/C17H20O5S.C16H20BrNO5S/c1-3-21-17(18)13-8-12-9-15(12)16(10-13)22-23(19,20)14-6-4-11(2)5-7-14;1-3-22-16(19)11-8-13(17)15(18)14(9-11)23-24(20,21)12-6-4-10(2)5-7-12/h4-8,12,15-16H,3,9-10H2,1-2H3;4-8,13-15H,3,9,18H2,1-2H3/t12-,15+,16-;13-,14-,15+/m11/s1.